The molecule has 4 atom stereocenters. The lowest BCUT2D eigenvalue weighted by atomic mass is 9.91. The van der Waals surface area contributed by atoms with E-state index in [1.165, 1.54) is 104 Å². The van der Waals surface area contributed by atoms with E-state index in [-0.39, 0.29) is 29.6 Å². The zero-order valence-corrected chi connectivity index (χ0v) is 62.6. The Balaban J connectivity index is -0.0000000594. The lowest BCUT2D eigenvalue weighted by Crippen LogP contribution is -2.26. The van der Waals surface area contributed by atoms with Gasteiger partial charge in [-0.2, -0.15) is 26.3 Å². The van der Waals surface area contributed by atoms with Crippen molar-refractivity contribution in [3.05, 3.63) is 0 Å². The first-order chi connectivity index (χ1) is 37.1. The molecule has 1 fully saturated rings. The third-order valence-corrected chi connectivity index (χ3v) is 11.0. The fourth-order valence-electron chi connectivity index (χ4n) is 4.32. The highest BCUT2D eigenvalue weighted by atomic mass is 19.4. The number of rotatable bonds is 11. The van der Waals surface area contributed by atoms with E-state index in [2.05, 4.69) is 180 Å². The van der Waals surface area contributed by atoms with Crippen molar-refractivity contribution in [2.45, 2.75) is 411 Å². The van der Waals surface area contributed by atoms with E-state index in [9.17, 15) is 26.3 Å². The van der Waals surface area contributed by atoms with E-state index < -0.39 is 36.9 Å². The monoisotopic (exact) mass is 1160 g/mol. The van der Waals surface area contributed by atoms with Gasteiger partial charge < -0.3 is 0 Å². The predicted octanol–water partition coefficient (Wildman–Crippen LogP) is 31.0. The van der Waals surface area contributed by atoms with Gasteiger partial charge in [-0.25, -0.2) is 0 Å². The molecular weight excluding hydrogens is 991 g/mol. The minimum atomic E-state index is -3.99. The summed E-state index contributed by atoms with van der Waals surface area (Å²) in [5, 5.41) is 0. The minimum Gasteiger partial charge on any atom is -0.171 e. The summed E-state index contributed by atoms with van der Waals surface area (Å²) in [5.74, 6) is 1.12. The van der Waals surface area contributed by atoms with Gasteiger partial charge in [0.05, 0.1) is 11.8 Å². The maximum atomic E-state index is 12.2. The molecule has 0 saturated heterocycles. The predicted molar refractivity (Wildman–Crippen MR) is 364 cm³/mol. The van der Waals surface area contributed by atoms with Crippen molar-refractivity contribution in [3.63, 3.8) is 0 Å². The van der Waals surface area contributed by atoms with Crippen molar-refractivity contribution in [1.82, 2.24) is 0 Å². The van der Waals surface area contributed by atoms with Crippen molar-refractivity contribution in [2.75, 3.05) is 0 Å². The summed E-state index contributed by atoms with van der Waals surface area (Å²) in [5.41, 5.74) is 0.863. The third kappa shape index (κ3) is 188. The average Bonchev–Trinajstić information content (AvgIpc) is 3.63. The molecule has 3 unspecified atom stereocenters. The molecule has 1 aliphatic rings. The topological polar surface area (TPSA) is 0 Å². The average molecular weight is 1160 g/mol. The minimum absolute atomic E-state index is 0.170. The summed E-state index contributed by atoms with van der Waals surface area (Å²) in [6.07, 6.45) is 10.4. The van der Waals surface area contributed by atoms with Gasteiger partial charge in [0, 0.05) is 6.85 Å². The molecule has 0 aromatic rings. The van der Waals surface area contributed by atoms with Crippen LogP contribution < -0.4 is 0 Å². The molecule has 0 aromatic carbocycles. The molecule has 500 valence electrons. The Labute approximate surface area is 511 Å². The first-order valence-corrected chi connectivity index (χ1v) is 32.8. The van der Waals surface area contributed by atoms with Crippen LogP contribution in [0.15, 0.2) is 0 Å². The molecule has 1 saturated carbocycles. The summed E-state index contributed by atoms with van der Waals surface area (Å²) >= 11 is 0. The smallest absolute Gasteiger partial charge is 0.171 e. The Morgan fingerprint density at radius 2 is 0.722 bits per heavy atom. The zero-order valence-electron chi connectivity index (χ0n) is 67.6. The van der Waals surface area contributed by atoms with Crippen LogP contribution in [0, 0.1) is 69.5 Å². The molecule has 0 heterocycles. The SMILES string of the molecule is CC(C)C.CC1CCC(C(F)(F)F)[C@@H]1C.CCC.CCC(C)(C)C.CCC(C)C.CCC(C)C(F)(F)F.CCCC.CCCC(C)(C)C.CCCC(C)C.CCCC(C)C.CCCCC.[2H]C(C)(C)C.[2H]C([2H])(C)C(C)(C)C.[2H]C([2H])(C)CC. The lowest BCUT2D eigenvalue weighted by molar-refractivity contribution is -0.183. The molecule has 1 aliphatic carbocycles. The van der Waals surface area contributed by atoms with Gasteiger partial charge in [-0.3, -0.25) is 0 Å². The van der Waals surface area contributed by atoms with Crippen LogP contribution in [0.2, 0.25) is 0 Å². The maximum absolute atomic E-state index is 12.2. The van der Waals surface area contributed by atoms with Crippen LogP contribution in [-0.4, -0.2) is 12.4 Å². The van der Waals surface area contributed by atoms with Gasteiger partial charge in [-0.1, -0.05) is 373 Å². The van der Waals surface area contributed by atoms with Gasteiger partial charge >= 0.3 is 12.4 Å². The molecule has 6 heteroatoms. The zero-order chi connectivity index (χ0) is 71.3. The molecule has 0 spiro atoms. The third-order valence-electron chi connectivity index (χ3n) is 11.0. The van der Waals surface area contributed by atoms with E-state index in [4.69, 9.17) is 6.85 Å². The van der Waals surface area contributed by atoms with Crippen molar-refractivity contribution in [1.29, 1.82) is 0 Å². The van der Waals surface area contributed by atoms with E-state index in [0.717, 1.165) is 30.1 Å². The summed E-state index contributed by atoms with van der Waals surface area (Å²) in [6, 6.07) is 0. The summed E-state index contributed by atoms with van der Waals surface area (Å²) in [6.45, 7) is 80.2. The second-order valence-corrected chi connectivity index (χ2v) is 27.3. The molecule has 0 aliphatic heterocycles. The molecule has 0 nitrogen and oxygen atoms in total. The van der Waals surface area contributed by atoms with Crippen LogP contribution >= 0.6 is 0 Å². The quantitative estimate of drug-likeness (QED) is 0.181. The number of hydrogen-bond acceptors (Lipinski definition) is 0. The van der Waals surface area contributed by atoms with E-state index in [1.807, 2.05) is 55.4 Å². The highest BCUT2D eigenvalue weighted by Crippen LogP contribution is 2.45. The largest absolute Gasteiger partial charge is 0.392 e. The highest BCUT2D eigenvalue weighted by Gasteiger charge is 2.47. The normalized spacial score (nSPS) is 16.0. The molecular formula is C73H166F6. The van der Waals surface area contributed by atoms with Gasteiger partial charge in [0.1, 0.15) is 0 Å². The standard InChI is InChI=1S/C8H13F3.C7H16.4C6H14.C5H9F3.2C5H12.4C4H10.C3H8/c1-5-3-4-7(6(5)2)8(9,10)11;1-5-6-7(2,3)4;2*1-5-6(2,3)4;2*1-4-5-6(2)3;1-3-4(2)5(6,7)8;1-4-5(2)3;1-3-5-4-2;2*1-4(2)3;2*1-3-4-2;1-3-2/h5-7H,3-4H2,1-2H3;5-6H2,1-4H3;2*5H2,1-4H3;2*6H,4-5H2,1-3H3;4H,3H2,1-2H3;5H,4H2,1-3H3;3-5H2,1-2H3;2*4H,1-3H3;2*3-4H2,1-2H3;3H2,1-2H3/t5?,6-,7?;;;;;;;;;;;;;/m1............./s1/i;;5D2;;;;;;;4D;;3D2;;. The second-order valence-electron chi connectivity index (χ2n) is 27.3. The Hall–Kier alpha value is -0.420. The van der Waals surface area contributed by atoms with Gasteiger partial charge in [0.25, 0.3) is 0 Å². The fraction of sp³-hybridized carbons (Fsp3) is 1.00. The Morgan fingerprint density at radius 1 is 0.443 bits per heavy atom. The van der Waals surface area contributed by atoms with Crippen LogP contribution in [-0.2, 0) is 0 Å². The molecule has 0 bridgehead atoms. The Bertz CT molecular complexity index is 1090. The van der Waals surface area contributed by atoms with E-state index in [0.29, 0.717) is 23.7 Å². The Morgan fingerprint density at radius 3 is 0.747 bits per heavy atom. The van der Waals surface area contributed by atoms with Crippen molar-refractivity contribution in [3.8, 4) is 0 Å². The van der Waals surface area contributed by atoms with Crippen LogP contribution in [0.3, 0.4) is 0 Å². The van der Waals surface area contributed by atoms with Gasteiger partial charge in [-0.05, 0) is 83.3 Å². The maximum Gasteiger partial charge on any atom is 0.392 e. The lowest BCUT2D eigenvalue weighted by Gasteiger charge is -2.20. The van der Waals surface area contributed by atoms with Gasteiger partial charge in [0.2, 0.25) is 0 Å². The van der Waals surface area contributed by atoms with Crippen LogP contribution in [0.1, 0.15) is 405 Å². The second kappa shape index (κ2) is 77.6. The highest BCUT2D eigenvalue weighted by molar-refractivity contribution is 4.83. The summed E-state index contributed by atoms with van der Waals surface area (Å²) in [4.78, 5) is 0. The van der Waals surface area contributed by atoms with Crippen LogP contribution in [0.5, 0.6) is 0 Å². The fourth-order valence-corrected chi connectivity index (χ4v) is 4.32. The van der Waals surface area contributed by atoms with E-state index >= 15 is 0 Å². The summed E-state index contributed by atoms with van der Waals surface area (Å²) in [7, 11) is 0. The molecule has 0 aromatic heterocycles. The number of alkyl halides is 6. The summed E-state index contributed by atoms with van der Waals surface area (Å²) < 4.78 is 106. The van der Waals surface area contributed by atoms with Gasteiger partial charge in [-0.15, -0.1) is 0 Å². The number of halogens is 6. The van der Waals surface area contributed by atoms with Crippen LogP contribution in [0.4, 0.5) is 26.3 Å². The van der Waals surface area contributed by atoms with Crippen molar-refractivity contribution < 1.29 is 33.2 Å². The molecule has 0 N–H and O–H groups in total. The van der Waals surface area contributed by atoms with Gasteiger partial charge in [0.15, 0.2) is 0 Å². The van der Waals surface area contributed by atoms with Crippen molar-refractivity contribution >= 4 is 0 Å². The molecule has 0 amide bonds. The first-order valence-electron chi connectivity index (χ1n) is 35.3. The van der Waals surface area contributed by atoms with E-state index in [1.54, 1.807) is 20.8 Å². The van der Waals surface area contributed by atoms with Crippen LogP contribution in [0.25, 0.3) is 0 Å². The first kappa shape index (κ1) is 94.9. The molecule has 0 radical (unpaired) electrons. The Kier molecular flexibility index (Phi) is 93.2. The van der Waals surface area contributed by atoms with Crippen molar-refractivity contribution in [2.24, 2.45) is 69.5 Å². The molecule has 1 rings (SSSR count). The number of hydrogen-bond donors (Lipinski definition) is 0. The molecule has 79 heavy (non-hydrogen) atoms. The number of unbranched alkanes of at least 4 members (excludes halogenated alkanes) is 3.